The number of anilines is 1. The molecule has 0 radical (unpaired) electrons. The number of halogens is 1. The number of oxazole rings is 1. The van der Waals surface area contributed by atoms with E-state index in [-0.39, 0.29) is 24.3 Å². The Balaban J connectivity index is 1.27. The van der Waals surface area contributed by atoms with E-state index < -0.39 is 0 Å². The van der Waals surface area contributed by atoms with Gasteiger partial charge in [0.2, 0.25) is 5.91 Å². The molecule has 1 fully saturated rings. The number of fused-ring (bicyclic) bond motifs is 1. The average molecular weight is 433 g/mol. The fraction of sp³-hybridized carbons (Fsp3) is 0.292. The number of para-hydroxylation sites is 2. The van der Waals surface area contributed by atoms with Crippen LogP contribution in [0.15, 0.2) is 59.4 Å². The molecule has 3 heterocycles. The molecule has 2 aromatic carbocycles. The standard InChI is InChI=1S/C24H24FN5O2/c1-16-13-28(24(31)14-29-15-27-21-5-3-4-6-22(21)29)9-10-30(16)18-7-8-19(20(25)11-18)23-12-26-17(2)32-23/h3-8,11-12,15-16H,9-10,13-14H2,1-2H3/t16-/m0/s1. The highest BCUT2D eigenvalue weighted by molar-refractivity contribution is 5.81. The second kappa shape index (κ2) is 8.11. The van der Waals surface area contributed by atoms with Crippen molar-refractivity contribution in [2.24, 2.45) is 0 Å². The minimum Gasteiger partial charge on any atom is -0.441 e. The summed E-state index contributed by atoms with van der Waals surface area (Å²) in [5, 5.41) is 0. The van der Waals surface area contributed by atoms with Gasteiger partial charge in [-0.3, -0.25) is 4.79 Å². The highest BCUT2D eigenvalue weighted by Gasteiger charge is 2.28. The summed E-state index contributed by atoms with van der Waals surface area (Å²) in [6.07, 6.45) is 3.24. The van der Waals surface area contributed by atoms with Crippen LogP contribution >= 0.6 is 0 Å². The van der Waals surface area contributed by atoms with Gasteiger partial charge in [-0.2, -0.15) is 0 Å². The summed E-state index contributed by atoms with van der Waals surface area (Å²) in [5.74, 6) is 0.627. The van der Waals surface area contributed by atoms with Gasteiger partial charge in [0.15, 0.2) is 11.7 Å². The second-order valence-electron chi connectivity index (χ2n) is 8.15. The van der Waals surface area contributed by atoms with Crippen LogP contribution in [0, 0.1) is 12.7 Å². The first-order valence-electron chi connectivity index (χ1n) is 10.7. The molecule has 7 nitrogen and oxygen atoms in total. The van der Waals surface area contributed by atoms with E-state index in [2.05, 4.69) is 21.8 Å². The minimum absolute atomic E-state index is 0.0573. The van der Waals surface area contributed by atoms with Gasteiger partial charge in [-0.25, -0.2) is 14.4 Å². The van der Waals surface area contributed by atoms with E-state index in [0.29, 0.717) is 36.8 Å². The summed E-state index contributed by atoms with van der Waals surface area (Å²) in [6.45, 7) is 5.84. The summed E-state index contributed by atoms with van der Waals surface area (Å²) < 4.78 is 22.1. The molecule has 5 rings (SSSR count). The Labute approximate surface area is 185 Å². The van der Waals surface area contributed by atoms with Gasteiger partial charge in [0.05, 0.1) is 29.1 Å². The number of carbonyl (C=O) groups is 1. The van der Waals surface area contributed by atoms with E-state index >= 15 is 0 Å². The normalized spacial score (nSPS) is 16.7. The Morgan fingerprint density at radius 3 is 2.78 bits per heavy atom. The number of rotatable bonds is 4. The Bertz CT molecular complexity index is 1280. The van der Waals surface area contributed by atoms with Crippen LogP contribution < -0.4 is 4.90 Å². The van der Waals surface area contributed by atoms with E-state index in [1.54, 1.807) is 19.3 Å². The van der Waals surface area contributed by atoms with Crippen LogP contribution in [0.25, 0.3) is 22.4 Å². The van der Waals surface area contributed by atoms with Crippen LogP contribution in [0.1, 0.15) is 12.8 Å². The van der Waals surface area contributed by atoms with Gasteiger partial charge < -0.3 is 18.8 Å². The zero-order valence-corrected chi connectivity index (χ0v) is 18.0. The fourth-order valence-corrected chi connectivity index (χ4v) is 4.32. The molecular formula is C24H24FN5O2. The maximum absolute atomic E-state index is 14.8. The van der Waals surface area contributed by atoms with Gasteiger partial charge in [-0.1, -0.05) is 12.1 Å². The van der Waals surface area contributed by atoms with E-state index in [0.717, 1.165) is 16.7 Å². The number of imidazole rings is 1. The van der Waals surface area contributed by atoms with Crippen molar-refractivity contribution in [3.05, 3.63) is 66.7 Å². The number of aryl methyl sites for hydroxylation is 1. The first-order valence-corrected chi connectivity index (χ1v) is 10.7. The zero-order chi connectivity index (χ0) is 22.2. The summed E-state index contributed by atoms with van der Waals surface area (Å²) in [4.78, 5) is 25.3. The highest BCUT2D eigenvalue weighted by atomic mass is 19.1. The van der Waals surface area contributed by atoms with Gasteiger partial charge in [0.25, 0.3) is 0 Å². The number of piperazine rings is 1. The molecule has 0 saturated carbocycles. The molecule has 0 N–H and O–H groups in total. The number of nitrogens with zero attached hydrogens (tertiary/aromatic N) is 5. The van der Waals surface area contributed by atoms with Crippen LogP contribution in [0.4, 0.5) is 10.1 Å². The lowest BCUT2D eigenvalue weighted by molar-refractivity contribution is -0.132. The molecule has 2 aromatic heterocycles. The Kier molecular flexibility index (Phi) is 5.13. The molecule has 0 bridgehead atoms. The lowest BCUT2D eigenvalue weighted by Gasteiger charge is -2.41. The monoisotopic (exact) mass is 433 g/mol. The van der Waals surface area contributed by atoms with Gasteiger partial charge in [0.1, 0.15) is 12.4 Å². The molecule has 0 spiro atoms. The molecule has 4 aromatic rings. The van der Waals surface area contributed by atoms with Crippen molar-refractivity contribution in [1.29, 1.82) is 0 Å². The topological polar surface area (TPSA) is 67.4 Å². The second-order valence-corrected chi connectivity index (χ2v) is 8.15. The number of aromatic nitrogens is 3. The van der Waals surface area contributed by atoms with Crippen LogP contribution in [0.3, 0.4) is 0 Å². The molecule has 32 heavy (non-hydrogen) atoms. The SMILES string of the molecule is Cc1ncc(-c2ccc(N3CCN(C(=O)Cn4cnc5ccccc54)C[C@@H]3C)cc2F)o1. The van der Waals surface area contributed by atoms with E-state index in [1.807, 2.05) is 39.8 Å². The average Bonchev–Trinajstić information content (AvgIpc) is 3.40. The third-order valence-corrected chi connectivity index (χ3v) is 5.98. The van der Waals surface area contributed by atoms with Crippen molar-refractivity contribution in [1.82, 2.24) is 19.4 Å². The van der Waals surface area contributed by atoms with E-state index in [9.17, 15) is 9.18 Å². The third kappa shape index (κ3) is 3.72. The Morgan fingerprint density at radius 2 is 2.03 bits per heavy atom. The molecule has 1 amide bonds. The number of benzene rings is 2. The Hall–Kier alpha value is -3.68. The number of hydrogen-bond acceptors (Lipinski definition) is 5. The van der Waals surface area contributed by atoms with Crippen LogP contribution in [-0.2, 0) is 11.3 Å². The zero-order valence-electron chi connectivity index (χ0n) is 18.0. The molecule has 8 heteroatoms. The lowest BCUT2D eigenvalue weighted by Crippen LogP contribution is -2.54. The first kappa shape index (κ1) is 20.2. The van der Waals surface area contributed by atoms with Crippen LogP contribution in [0.2, 0.25) is 0 Å². The molecule has 0 unspecified atom stereocenters. The van der Waals surface area contributed by atoms with E-state index in [4.69, 9.17) is 4.42 Å². The molecule has 0 aliphatic carbocycles. The van der Waals surface area contributed by atoms with Crippen molar-refractivity contribution in [2.75, 3.05) is 24.5 Å². The number of carbonyl (C=O) groups excluding carboxylic acids is 1. The van der Waals surface area contributed by atoms with Crippen LogP contribution in [-0.4, -0.2) is 51.0 Å². The molecule has 1 aliphatic rings. The first-order chi connectivity index (χ1) is 15.5. The predicted octanol–water partition coefficient (Wildman–Crippen LogP) is 3.88. The van der Waals surface area contributed by atoms with Crippen molar-refractivity contribution in [2.45, 2.75) is 26.4 Å². The minimum atomic E-state index is -0.351. The van der Waals surface area contributed by atoms with Gasteiger partial charge in [0, 0.05) is 38.3 Å². The third-order valence-electron chi connectivity index (χ3n) is 5.98. The van der Waals surface area contributed by atoms with E-state index in [1.165, 1.54) is 12.3 Å². The molecule has 1 saturated heterocycles. The fourth-order valence-electron chi connectivity index (χ4n) is 4.32. The molecule has 1 atom stereocenters. The van der Waals surface area contributed by atoms with Gasteiger partial charge in [-0.15, -0.1) is 0 Å². The highest BCUT2D eigenvalue weighted by Crippen LogP contribution is 2.29. The summed E-state index contributed by atoms with van der Waals surface area (Å²) in [6, 6.07) is 13.0. The number of hydrogen-bond donors (Lipinski definition) is 0. The maximum Gasteiger partial charge on any atom is 0.242 e. The summed E-state index contributed by atoms with van der Waals surface area (Å²) >= 11 is 0. The summed E-state index contributed by atoms with van der Waals surface area (Å²) in [7, 11) is 0. The van der Waals surface area contributed by atoms with Crippen molar-refractivity contribution >= 4 is 22.6 Å². The smallest absolute Gasteiger partial charge is 0.242 e. The number of amides is 1. The quantitative estimate of drug-likeness (QED) is 0.489. The predicted molar refractivity (Wildman–Crippen MR) is 120 cm³/mol. The lowest BCUT2D eigenvalue weighted by atomic mass is 10.1. The van der Waals surface area contributed by atoms with Crippen LogP contribution in [0.5, 0.6) is 0 Å². The molecular weight excluding hydrogens is 409 g/mol. The largest absolute Gasteiger partial charge is 0.441 e. The maximum atomic E-state index is 14.8. The molecule has 164 valence electrons. The van der Waals surface area contributed by atoms with Gasteiger partial charge >= 0.3 is 0 Å². The van der Waals surface area contributed by atoms with Crippen molar-refractivity contribution < 1.29 is 13.6 Å². The van der Waals surface area contributed by atoms with Gasteiger partial charge in [-0.05, 0) is 37.3 Å². The van der Waals surface area contributed by atoms with Crippen molar-refractivity contribution in [3.8, 4) is 11.3 Å². The summed E-state index contributed by atoms with van der Waals surface area (Å²) in [5.41, 5.74) is 3.01. The Morgan fingerprint density at radius 1 is 1.19 bits per heavy atom. The molecule has 1 aliphatic heterocycles. The van der Waals surface area contributed by atoms with Crippen molar-refractivity contribution in [3.63, 3.8) is 0 Å².